The highest BCUT2D eigenvalue weighted by Gasteiger charge is 2.28. The normalized spacial score (nSPS) is 12.8. The summed E-state index contributed by atoms with van der Waals surface area (Å²) in [7, 11) is 0. The SMILES string of the molecule is CC(C)(C)CC(C)(C)[NH2+]Cc1ccccc1Cl. The number of hydrogen-bond donors (Lipinski definition) is 1. The van der Waals surface area contributed by atoms with Gasteiger partial charge in [-0.15, -0.1) is 0 Å². The van der Waals surface area contributed by atoms with Crippen molar-refractivity contribution in [3.05, 3.63) is 34.9 Å². The summed E-state index contributed by atoms with van der Waals surface area (Å²) in [6.45, 7) is 12.4. The molecule has 1 nitrogen and oxygen atoms in total. The van der Waals surface area contributed by atoms with Gasteiger partial charge in [0, 0.05) is 17.0 Å². The molecule has 96 valence electrons. The lowest BCUT2D eigenvalue weighted by molar-refractivity contribution is -0.737. The molecule has 0 aliphatic carbocycles. The fourth-order valence-electron chi connectivity index (χ4n) is 2.49. The van der Waals surface area contributed by atoms with E-state index in [1.807, 2.05) is 18.2 Å². The van der Waals surface area contributed by atoms with Gasteiger partial charge < -0.3 is 5.32 Å². The molecule has 17 heavy (non-hydrogen) atoms. The van der Waals surface area contributed by atoms with E-state index in [0.717, 1.165) is 11.6 Å². The van der Waals surface area contributed by atoms with Crippen LogP contribution in [0.15, 0.2) is 24.3 Å². The van der Waals surface area contributed by atoms with Crippen molar-refractivity contribution in [3.63, 3.8) is 0 Å². The van der Waals surface area contributed by atoms with Crippen molar-refractivity contribution in [2.45, 2.75) is 53.1 Å². The zero-order valence-corrected chi connectivity index (χ0v) is 12.4. The van der Waals surface area contributed by atoms with Gasteiger partial charge in [-0.3, -0.25) is 0 Å². The number of quaternary nitrogens is 1. The Kier molecular flexibility index (Phi) is 4.62. The predicted molar refractivity (Wildman–Crippen MR) is 75.2 cm³/mol. The Morgan fingerprint density at radius 1 is 1.06 bits per heavy atom. The summed E-state index contributed by atoms with van der Waals surface area (Å²) in [4.78, 5) is 0. The Morgan fingerprint density at radius 3 is 2.18 bits per heavy atom. The molecule has 0 heterocycles. The summed E-state index contributed by atoms with van der Waals surface area (Å²) in [6.07, 6.45) is 1.18. The van der Waals surface area contributed by atoms with E-state index < -0.39 is 0 Å². The van der Waals surface area contributed by atoms with Crippen molar-refractivity contribution in [2.75, 3.05) is 0 Å². The van der Waals surface area contributed by atoms with Gasteiger partial charge >= 0.3 is 0 Å². The fourth-order valence-corrected chi connectivity index (χ4v) is 2.70. The standard InChI is InChI=1S/C15H24ClN/c1-14(2,3)11-15(4,5)17-10-12-8-6-7-9-13(12)16/h6-9,17H,10-11H2,1-5H3/p+1. The van der Waals surface area contributed by atoms with Gasteiger partial charge in [-0.2, -0.15) is 0 Å². The molecule has 1 aromatic carbocycles. The minimum absolute atomic E-state index is 0.247. The van der Waals surface area contributed by atoms with E-state index >= 15 is 0 Å². The maximum absolute atomic E-state index is 6.17. The maximum Gasteiger partial charge on any atom is 0.103 e. The molecule has 0 aliphatic rings. The predicted octanol–water partition coefficient (Wildman–Crippen LogP) is 3.62. The van der Waals surface area contributed by atoms with Crippen molar-refractivity contribution in [3.8, 4) is 0 Å². The van der Waals surface area contributed by atoms with E-state index in [0.29, 0.717) is 5.41 Å². The first-order valence-electron chi connectivity index (χ1n) is 6.27. The van der Waals surface area contributed by atoms with Crippen LogP contribution in [-0.2, 0) is 6.54 Å². The zero-order valence-electron chi connectivity index (χ0n) is 11.7. The summed E-state index contributed by atoms with van der Waals surface area (Å²) in [5, 5.41) is 3.26. The maximum atomic E-state index is 6.17. The molecule has 2 heteroatoms. The number of hydrogen-bond acceptors (Lipinski definition) is 0. The van der Waals surface area contributed by atoms with Crippen LogP contribution in [0.3, 0.4) is 0 Å². The molecule has 0 spiro atoms. The number of rotatable bonds is 4. The van der Waals surface area contributed by atoms with Crippen LogP contribution in [0, 0.1) is 5.41 Å². The smallest absolute Gasteiger partial charge is 0.103 e. The topological polar surface area (TPSA) is 16.6 Å². The molecule has 0 fully saturated rings. The Bertz CT molecular complexity index is 363. The first kappa shape index (κ1) is 14.5. The van der Waals surface area contributed by atoms with Gasteiger partial charge in [-0.1, -0.05) is 50.6 Å². The van der Waals surface area contributed by atoms with Gasteiger partial charge in [0.05, 0.1) is 5.54 Å². The highest BCUT2D eigenvalue weighted by atomic mass is 35.5. The fraction of sp³-hybridized carbons (Fsp3) is 0.600. The monoisotopic (exact) mass is 254 g/mol. The molecule has 0 amide bonds. The molecule has 1 aromatic rings. The van der Waals surface area contributed by atoms with E-state index in [2.05, 4.69) is 46.0 Å². The Morgan fingerprint density at radius 2 is 1.65 bits per heavy atom. The first-order valence-corrected chi connectivity index (χ1v) is 6.65. The van der Waals surface area contributed by atoms with Gasteiger partial charge in [0.2, 0.25) is 0 Å². The molecule has 0 saturated heterocycles. The van der Waals surface area contributed by atoms with E-state index in [-0.39, 0.29) is 5.54 Å². The third-order valence-corrected chi connectivity index (χ3v) is 3.19. The highest BCUT2D eigenvalue weighted by Crippen LogP contribution is 2.24. The second-order valence-electron chi connectivity index (χ2n) is 6.73. The van der Waals surface area contributed by atoms with Crippen LogP contribution in [0.4, 0.5) is 0 Å². The molecule has 0 atom stereocenters. The summed E-state index contributed by atoms with van der Waals surface area (Å²) >= 11 is 6.17. The van der Waals surface area contributed by atoms with Gasteiger partial charge in [-0.25, -0.2) is 0 Å². The average Bonchev–Trinajstić information content (AvgIpc) is 2.13. The van der Waals surface area contributed by atoms with Crippen LogP contribution in [0.1, 0.15) is 46.6 Å². The van der Waals surface area contributed by atoms with Crippen molar-refractivity contribution >= 4 is 11.6 Å². The minimum Gasteiger partial charge on any atom is -0.338 e. The second-order valence-corrected chi connectivity index (χ2v) is 7.13. The van der Waals surface area contributed by atoms with Crippen LogP contribution in [0.5, 0.6) is 0 Å². The Hall–Kier alpha value is -0.530. The number of nitrogens with two attached hydrogens (primary N) is 1. The average molecular weight is 255 g/mol. The minimum atomic E-state index is 0.247. The lowest BCUT2D eigenvalue weighted by atomic mass is 9.82. The van der Waals surface area contributed by atoms with Crippen molar-refractivity contribution < 1.29 is 5.32 Å². The van der Waals surface area contributed by atoms with Crippen molar-refractivity contribution in [2.24, 2.45) is 5.41 Å². The third kappa shape index (κ3) is 5.56. The van der Waals surface area contributed by atoms with Crippen molar-refractivity contribution in [1.82, 2.24) is 0 Å². The molecule has 0 unspecified atom stereocenters. The first-order chi connectivity index (χ1) is 7.70. The second kappa shape index (κ2) is 5.41. The van der Waals surface area contributed by atoms with E-state index in [9.17, 15) is 0 Å². The highest BCUT2D eigenvalue weighted by molar-refractivity contribution is 6.31. The van der Waals surface area contributed by atoms with Gasteiger partial charge in [-0.05, 0) is 25.3 Å². The molecular weight excluding hydrogens is 230 g/mol. The summed E-state index contributed by atoms with van der Waals surface area (Å²) in [5.41, 5.74) is 1.83. The van der Waals surface area contributed by atoms with Gasteiger partial charge in [0.15, 0.2) is 0 Å². The van der Waals surface area contributed by atoms with E-state index in [1.54, 1.807) is 0 Å². The molecule has 2 N–H and O–H groups in total. The Balaban J connectivity index is 2.59. The Labute approximate surface area is 111 Å². The molecule has 0 aromatic heterocycles. The third-order valence-electron chi connectivity index (χ3n) is 2.82. The molecule has 0 aliphatic heterocycles. The van der Waals surface area contributed by atoms with Crippen LogP contribution in [0.2, 0.25) is 5.02 Å². The molecule has 0 radical (unpaired) electrons. The number of halogens is 1. The van der Waals surface area contributed by atoms with E-state index in [1.165, 1.54) is 12.0 Å². The molecule has 0 bridgehead atoms. The zero-order chi connectivity index (χ0) is 13.1. The summed E-state index contributed by atoms with van der Waals surface area (Å²) in [6, 6.07) is 8.09. The molecule has 0 saturated carbocycles. The quantitative estimate of drug-likeness (QED) is 0.845. The molecular formula is C15H25ClN+. The summed E-state index contributed by atoms with van der Waals surface area (Å²) < 4.78 is 0. The lowest BCUT2D eigenvalue weighted by Gasteiger charge is -2.30. The van der Waals surface area contributed by atoms with Crippen LogP contribution >= 0.6 is 11.6 Å². The van der Waals surface area contributed by atoms with Crippen molar-refractivity contribution in [1.29, 1.82) is 0 Å². The largest absolute Gasteiger partial charge is 0.338 e. The lowest BCUT2D eigenvalue weighted by Crippen LogP contribution is -2.94. The summed E-state index contributed by atoms with van der Waals surface area (Å²) in [5.74, 6) is 0. The van der Waals surface area contributed by atoms with Gasteiger partial charge in [0.1, 0.15) is 6.54 Å². The molecule has 1 rings (SSSR count). The van der Waals surface area contributed by atoms with E-state index in [4.69, 9.17) is 11.6 Å². The van der Waals surface area contributed by atoms with Gasteiger partial charge in [0.25, 0.3) is 0 Å². The number of benzene rings is 1. The van der Waals surface area contributed by atoms with Crippen LogP contribution in [-0.4, -0.2) is 5.54 Å². The van der Waals surface area contributed by atoms with Crippen LogP contribution in [0.25, 0.3) is 0 Å². The van der Waals surface area contributed by atoms with Crippen LogP contribution < -0.4 is 5.32 Å².